The number of aryl methyl sites for hydroxylation is 2. The van der Waals surface area contributed by atoms with Crippen LogP contribution in [0.15, 0.2) is 12.1 Å². The molecule has 0 unspecified atom stereocenters. The standard InChI is InChI=1S/C18H26ClN3O2/c1-12(2)18(24)22-7-5-21(6-8-22)11-16(23)20-17-14(4)9-13(3)10-15(17)19/h9-10,12H,5-8,11H2,1-4H3,(H,20,23). The molecule has 1 N–H and O–H groups in total. The molecule has 1 heterocycles. The number of nitrogens with zero attached hydrogens (tertiary/aromatic N) is 2. The maximum Gasteiger partial charge on any atom is 0.238 e. The predicted molar refractivity (Wildman–Crippen MR) is 97.4 cm³/mol. The Balaban J connectivity index is 1.87. The summed E-state index contributed by atoms with van der Waals surface area (Å²) in [6, 6.07) is 3.85. The summed E-state index contributed by atoms with van der Waals surface area (Å²) in [5, 5.41) is 3.48. The van der Waals surface area contributed by atoms with Crippen LogP contribution in [0.2, 0.25) is 5.02 Å². The Hall–Kier alpha value is -1.59. The van der Waals surface area contributed by atoms with Crippen molar-refractivity contribution in [2.75, 3.05) is 38.0 Å². The van der Waals surface area contributed by atoms with E-state index in [9.17, 15) is 9.59 Å². The van der Waals surface area contributed by atoms with E-state index in [4.69, 9.17) is 11.6 Å². The number of halogens is 1. The van der Waals surface area contributed by atoms with Gasteiger partial charge in [0.25, 0.3) is 0 Å². The van der Waals surface area contributed by atoms with Crippen molar-refractivity contribution < 1.29 is 9.59 Å². The van der Waals surface area contributed by atoms with E-state index in [2.05, 4.69) is 10.2 Å². The van der Waals surface area contributed by atoms with Crippen molar-refractivity contribution in [3.63, 3.8) is 0 Å². The third-order valence-corrected chi connectivity index (χ3v) is 4.54. The number of hydrogen-bond acceptors (Lipinski definition) is 3. The fourth-order valence-electron chi connectivity index (χ4n) is 2.95. The second kappa shape index (κ2) is 7.99. The van der Waals surface area contributed by atoms with Gasteiger partial charge >= 0.3 is 0 Å². The van der Waals surface area contributed by atoms with Gasteiger partial charge in [0, 0.05) is 32.1 Å². The van der Waals surface area contributed by atoms with Crippen molar-refractivity contribution in [2.24, 2.45) is 5.92 Å². The minimum Gasteiger partial charge on any atom is -0.340 e. The molecule has 1 aliphatic heterocycles. The first-order valence-electron chi connectivity index (χ1n) is 8.35. The summed E-state index contributed by atoms with van der Waals surface area (Å²) in [7, 11) is 0. The number of piperazine rings is 1. The second-order valence-corrected chi connectivity index (χ2v) is 7.15. The summed E-state index contributed by atoms with van der Waals surface area (Å²) in [4.78, 5) is 28.2. The number of benzene rings is 1. The number of carbonyl (C=O) groups is 2. The zero-order chi connectivity index (χ0) is 17.9. The molecule has 6 heteroatoms. The van der Waals surface area contributed by atoms with Crippen LogP contribution in [0.3, 0.4) is 0 Å². The Labute approximate surface area is 149 Å². The molecular formula is C18H26ClN3O2. The third-order valence-electron chi connectivity index (χ3n) is 4.24. The van der Waals surface area contributed by atoms with Crippen molar-refractivity contribution >= 4 is 29.1 Å². The van der Waals surface area contributed by atoms with E-state index in [1.807, 2.05) is 44.7 Å². The smallest absolute Gasteiger partial charge is 0.238 e. The lowest BCUT2D eigenvalue weighted by molar-refractivity contribution is -0.136. The first kappa shape index (κ1) is 18.7. The van der Waals surface area contributed by atoms with E-state index in [0.29, 0.717) is 43.4 Å². The number of hydrogen-bond donors (Lipinski definition) is 1. The SMILES string of the molecule is Cc1cc(C)c(NC(=O)CN2CCN(C(=O)C(C)C)CC2)c(Cl)c1. The van der Waals surface area contributed by atoms with Crippen LogP contribution in [0.1, 0.15) is 25.0 Å². The maximum atomic E-state index is 12.3. The Bertz CT molecular complexity index is 600. The molecule has 1 aromatic rings. The average Bonchev–Trinajstić information content (AvgIpc) is 2.50. The van der Waals surface area contributed by atoms with E-state index in [1.165, 1.54) is 0 Å². The molecule has 0 aromatic heterocycles. The lowest BCUT2D eigenvalue weighted by Gasteiger charge is -2.35. The van der Waals surface area contributed by atoms with Gasteiger partial charge in [-0.1, -0.05) is 31.5 Å². The summed E-state index contributed by atoms with van der Waals surface area (Å²) < 4.78 is 0. The lowest BCUT2D eigenvalue weighted by atomic mass is 10.1. The Morgan fingerprint density at radius 3 is 2.33 bits per heavy atom. The third kappa shape index (κ3) is 4.71. The molecule has 0 bridgehead atoms. The number of anilines is 1. The molecule has 1 aromatic carbocycles. The second-order valence-electron chi connectivity index (χ2n) is 6.74. The number of nitrogens with one attached hydrogen (secondary N) is 1. The van der Waals surface area contributed by atoms with Crippen molar-refractivity contribution in [3.05, 3.63) is 28.3 Å². The summed E-state index contributed by atoms with van der Waals surface area (Å²) in [6.07, 6.45) is 0. The predicted octanol–water partition coefficient (Wildman–Crippen LogP) is 2.70. The number of carbonyl (C=O) groups excluding carboxylic acids is 2. The van der Waals surface area contributed by atoms with Gasteiger partial charge < -0.3 is 10.2 Å². The molecule has 2 amide bonds. The van der Waals surface area contributed by atoms with Crippen LogP contribution in [-0.4, -0.2) is 54.3 Å². The number of amides is 2. The van der Waals surface area contributed by atoms with Crippen LogP contribution >= 0.6 is 11.6 Å². The van der Waals surface area contributed by atoms with Gasteiger partial charge in [0.15, 0.2) is 0 Å². The molecular weight excluding hydrogens is 326 g/mol. The summed E-state index contributed by atoms with van der Waals surface area (Å²) in [5.41, 5.74) is 2.71. The van der Waals surface area contributed by atoms with Crippen molar-refractivity contribution in [1.82, 2.24) is 9.80 Å². The molecule has 5 nitrogen and oxygen atoms in total. The van der Waals surface area contributed by atoms with Gasteiger partial charge in [0.2, 0.25) is 11.8 Å². The quantitative estimate of drug-likeness (QED) is 0.907. The maximum absolute atomic E-state index is 12.3. The van der Waals surface area contributed by atoms with Gasteiger partial charge in [0.05, 0.1) is 17.3 Å². The number of rotatable bonds is 4. The Morgan fingerprint density at radius 2 is 1.79 bits per heavy atom. The molecule has 0 aliphatic carbocycles. The minimum atomic E-state index is -0.0764. The molecule has 0 atom stereocenters. The van der Waals surface area contributed by atoms with Gasteiger partial charge in [-0.2, -0.15) is 0 Å². The molecule has 2 rings (SSSR count). The highest BCUT2D eigenvalue weighted by Gasteiger charge is 2.24. The molecule has 0 saturated carbocycles. The molecule has 132 valence electrons. The van der Waals surface area contributed by atoms with Crippen molar-refractivity contribution in [3.8, 4) is 0 Å². The monoisotopic (exact) mass is 351 g/mol. The zero-order valence-electron chi connectivity index (χ0n) is 14.9. The van der Waals surface area contributed by atoms with Crippen molar-refractivity contribution in [2.45, 2.75) is 27.7 Å². The molecule has 0 spiro atoms. The highest BCUT2D eigenvalue weighted by molar-refractivity contribution is 6.34. The topological polar surface area (TPSA) is 52.7 Å². The molecule has 0 radical (unpaired) electrons. The highest BCUT2D eigenvalue weighted by Crippen LogP contribution is 2.27. The van der Waals surface area contributed by atoms with E-state index < -0.39 is 0 Å². The van der Waals surface area contributed by atoms with Crippen molar-refractivity contribution in [1.29, 1.82) is 0 Å². The van der Waals surface area contributed by atoms with E-state index in [0.717, 1.165) is 11.1 Å². The van der Waals surface area contributed by atoms with Gasteiger partial charge in [-0.3, -0.25) is 14.5 Å². The summed E-state index contributed by atoms with van der Waals surface area (Å²) in [6.45, 7) is 10.8. The fourth-order valence-corrected chi connectivity index (χ4v) is 3.32. The van der Waals surface area contributed by atoms with E-state index >= 15 is 0 Å². The highest BCUT2D eigenvalue weighted by atomic mass is 35.5. The molecule has 1 saturated heterocycles. The molecule has 1 aliphatic rings. The van der Waals surface area contributed by atoms with Crippen LogP contribution in [0.25, 0.3) is 0 Å². The van der Waals surface area contributed by atoms with Crippen LogP contribution in [-0.2, 0) is 9.59 Å². The summed E-state index contributed by atoms with van der Waals surface area (Å²) in [5.74, 6) is 0.125. The summed E-state index contributed by atoms with van der Waals surface area (Å²) >= 11 is 6.23. The van der Waals surface area contributed by atoms with E-state index in [1.54, 1.807) is 0 Å². The van der Waals surface area contributed by atoms with Crippen LogP contribution in [0, 0.1) is 19.8 Å². The van der Waals surface area contributed by atoms with Gasteiger partial charge in [-0.25, -0.2) is 0 Å². The van der Waals surface area contributed by atoms with Crippen LogP contribution in [0.4, 0.5) is 5.69 Å². The van der Waals surface area contributed by atoms with E-state index in [-0.39, 0.29) is 17.7 Å². The normalized spacial score (nSPS) is 15.7. The largest absolute Gasteiger partial charge is 0.340 e. The first-order chi connectivity index (χ1) is 11.3. The van der Waals surface area contributed by atoms with Gasteiger partial charge in [0.1, 0.15) is 0 Å². The Morgan fingerprint density at radius 1 is 1.17 bits per heavy atom. The molecule has 24 heavy (non-hydrogen) atoms. The molecule has 1 fully saturated rings. The lowest BCUT2D eigenvalue weighted by Crippen LogP contribution is -2.51. The Kier molecular flexibility index (Phi) is 6.24. The first-order valence-corrected chi connectivity index (χ1v) is 8.73. The van der Waals surface area contributed by atoms with Gasteiger partial charge in [-0.05, 0) is 31.0 Å². The average molecular weight is 352 g/mol. The zero-order valence-corrected chi connectivity index (χ0v) is 15.6. The van der Waals surface area contributed by atoms with Crippen LogP contribution < -0.4 is 5.32 Å². The fraction of sp³-hybridized carbons (Fsp3) is 0.556. The van der Waals surface area contributed by atoms with Gasteiger partial charge in [-0.15, -0.1) is 0 Å². The minimum absolute atomic E-state index is 0.0199. The van der Waals surface area contributed by atoms with Crippen LogP contribution in [0.5, 0.6) is 0 Å².